The van der Waals surface area contributed by atoms with Crippen LogP contribution in [-0.2, 0) is 10.0 Å². The third-order valence-corrected chi connectivity index (χ3v) is 4.19. The molecule has 0 unspecified atom stereocenters. The highest BCUT2D eigenvalue weighted by Gasteiger charge is 2.16. The molecule has 3 N–H and O–H groups in total. The van der Waals surface area contributed by atoms with Crippen molar-refractivity contribution in [3.63, 3.8) is 0 Å². The van der Waals surface area contributed by atoms with Crippen LogP contribution in [0.15, 0.2) is 42.5 Å². The van der Waals surface area contributed by atoms with Gasteiger partial charge in [-0.15, -0.1) is 0 Å². The van der Waals surface area contributed by atoms with Crippen molar-refractivity contribution in [1.82, 2.24) is 0 Å². The number of benzene rings is 2. The highest BCUT2D eigenvalue weighted by atomic mass is 32.2. The molecule has 0 aliphatic heterocycles. The molecule has 0 radical (unpaired) electrons. The topological polar surface area (TPSA) is 125 Å². The Kier molecular flexibility index (Phi) is 5.19. The van der Waals surface area contributed by atoms with Gasteiger partial charge in [0.2, 0.25) is 10.0 Å². The predicted octanol–water partition coefficient (Wildman–Crippen LogP) is 2.14. The molecule has 0 aliphatic carbocycles. The molecule has 2 aromatic rings. The lowest BCUT2D eigenvalue weighted by Crippen LogP contribution is -2.21. The van der Waals surface area contributed by atoms with Crippen molar-refractivity contribution in [2.45, 2.75) is 0 Å². The number of sulfonamides is 1. The number of ether oxygens (including phenoxy) is 1. The monoisotopic (exact) mass is 355 g/mol. The molecule has 24 heavy (non-hydrogen) atoms. The highest BCUT2D eigenvalue weighted by Crippen LogP contribution is 2.25. The van der Waals surface area contributed by atoms with Crippen LogP contribution >= 0.6 is 0 Å². The van der Waals surface area contributed by atoms with Gasteiger partial charge in [0.15, 0.2) is 0 Å². The van der Waals surface area contributed by atoms with E-state index >= 15 is 0 Å². The molecule has 0 spiro atoms. The van der Waals surface area contributed by atoms with Crippen LogP contribution < -0.4 is 15.2 Å². The van der Waals surface area contributed by atoms with Crippen LogP contribution in [0.2, 0.25) is 0 Å². The average molecular weight is 355 g/mol. The van der Waals surface area contributed by atoms with Gasteiger partial charge in [0, 0.05) is 6.07 Å². The molecule has 0 aliphatic rings. The normalized spacial score (nSPS) is 11.0. The van der Waals surface area contributed by atoms with E-state index in [0.717, 1.165) is 6.07 Å². The number of nitrogens with zero attached hydrogens (tertiary/aromatic N) is 1. The SMILES string of the molecule is Nc1ccc(NS(=O)(=O)CCOc2ccc(F)cc2)cc1[N+](=O)[O-]. The molecule has 128 valence electrons. The Morgan fingerprint density at radius 3 is 2.50 bits per heavy atom. The molecular formula is C14H14FN3O5S. The maximum Gasteiger partial charge on any atom is 0.294 e. The molecule has 0 atom stereocenters. The number of rotatable bonds is 7. The summed E-state index contributed by atoms with van der Waals surface area (Å²) in [5.74, 6) is -0.487. The lowest BCUT2D eigenvalue weighted by molar-refractivity contribution is -0.383. The Hall–Kier alpha value is -2.88. The van der Waals surface area contributed by atoms with Crippen molar-refractivity contribution in [1.29, 1.82) is 0 Å². The van der Waals surface area contributed by atoms with Crippen molar-refractivity contribution < 1.29 is 22.5 Å². The molecule has 2 rings (SSSR count). The van der Waals surface area contributed by atoms with E-state index < -0.39 is 26.5 Å². The maximum atomic E-state index is 12.7. The highest BCUT2D eigenvalue weighted by molar-refractivity contribution is 7.92. The van der Waals surface area contributed by atoms with Gasteiger partial charge >= 0.3 is 0 Å². The average Bonchev–Trinajstić information content (AvgIpc) is 2.50. The number of nitrogens with two attached hydrogens (primary N) is 1. The van der Waals surface area contributed by atoms with Crippen LogP contribution in [0, 0.1) is 15.9 Å². The lowest BCUT2D eigenvalue weighted by atomic mass is 10.2. The number of halogens is 1. The zero-order valence-corrected chi connectivity index (χ0v) is 13.1. The second-order valence-corrected chi connectivity index (χ2v) is 6.60. The molecule has 0 fully saturated rings. The number of nitrogen functional groups attached to an aromatic ring is 1. The molecule has 0 bridgehead atoms. The minimum Gasteiger partial charge on any atom is -0.492 e. The van der Waals surface area contributed by atoms with Crippen LogP contribution in [-0.4, -0.2) is 25.7 Å². The van der Waals surface area contributed by atoms with Crippen molar-refractivity contribution in [3.05, 3.63) is 58.4 Å². The first-order valence-corrected chi connectivity index (χ1v) is 8.35. The van der Waals surface area contributed by atoms with Gasteiger partial charge in [-0.25, -0.2) is 12.8 Å². The van der Waals surface area contributed by atoms with E-state index in [2.05, 4.69) is 4.72 Å². The van der Waals surface area contributed by atoms with Crippen LogP contribution in [0.25, 0.3) is 0 Å². The summed E-state index contributed by atoms with van der Waals surface area (Å²) in [6.07, 6.45) is 0. The summed E-state index contributed by atoms with van der Waals surface area (Å²) in [4.78, 5) is 10.1. The minimum atomic E-state index is -3.78. The maximum absolute atomic E-state index is 12.7. The third kappa shape index (κ3) is 4.81. The fraction of sp³-hybridized carbons (Fsp3) is 0.143. The molecule has 0 heterocycles. The number of hydrogen-bond acceptors (Lipinski definition) is 6. The Morgan fingerprint density at radius 2 is 1.88 bits per heavy atom. The second-order valence-electron chi connectivity index (χ2n) is 4.75. The molecule has 0 saturated heterocycles. The van der Waals surface area contributed by atoms with Crippen molar-refractivity contribution in [2.75, 3.05) is 22.8 Å². The van der Waals surface area contributed by atoms with Gasteiger partial charge < -0.3 is 10.5 Å². The van der Waals surface area contributed by atoms with Crippen molar-refractivity contribution in [2.24, 2.45) is 0 Å². The number of nitro benzene ring substituents is 1. The molecule has 0 amide bonds. The predicted molar refractivity (Wildman–Crippen MR) is 86.8 cm³/mol. The molecule has 10 heteroatoms. The van der Waals surface area contributed by atoms with Gasteiger partial charge in [0.1, 0.15) is 29.6 Å². The quantitative estimate of drug-likeness (QED) is 0.445. The third-order valence-electron chi connectivity index (χ3n) is 2.93. The number of nitrogens with one attached hydrogen (secondary N) is 1. The van der Waals surface area contributed by atoms with Crippen LogP contribution in [0.4, 0.5) is 21.5 Å². The van der Waals surface area contributed by atoms with E-state index in [1.807, 2.05) is 0 Å². The minimum absolute atomic E-state index is 0.0256. The fourth-order valence-electron chi connectivity index (χ4n) is 1.80. The fourth-order valence-corrected chi connectivity index (χ4v) is 2.69. The van der Waals surface area contributed by atoms with E-state index in [-0.39, 0.29) is 23.7 Å². The van der Waals surface area contributed by atoms with Crippen LogP contribution in [0.1, 0.15) is 0 Å². The Bertz CT molecular complexity index is 840. The number of hydrogen-bond donors (Lipinski definition) is 2. The summed E-state index contributed by atoms with van der Waals surface area (Å²) in [5, 5.41) is 10.8. The first kappa shape index (κ1) is 17.5. The summed E-state index contributed by atoms with van der Waals surface area (Å²) in [6, 6.07) is 8.72. The first-order chi connectivity index (χ1) is 11.3. The summed E-state index contributed by atoms with van der Waals surface area (Å²) in [6.45, 7) is -0.169. The summed E-state index contributed by atoms with van der Waals surface area (Å²) < 4.78 is 44.1. The molecule has 8 nitrogen and oxygen atoms in total. The smallest absolute Gasteiger partial charge is 0.294 e. The summed E-state index contributed by atoms with van der Waals surface area (Å²) >= 11 is 0. The van der Waals surface area contributed by atoms with Crippen molar-refractivity contribution >= 4 is 27.1 Å². The van der Waals surface area contributed by atoms with E-state index in [1.165, 1.54) is 36.4 Å². The zero-order chi connectivity index (χ0) is 17.7. The lowest BCUT2D eigenvalue weighted by Gasteiger charge is -2.10. The molecule has 0 saturated carbocycles. The van der Waals surface area contributed by atoms with Crippen LogP contribution in [0.3, 0.4) is 0 Å². The Morgan fingerprint density at radius 1 is 1.21 bits per heavy atom. The van der Waals surface area contributed by atoms with E-state index in [4.69, 9.17) is 10.5 Å². The number of anilines is 2. The van der Waals surface area contributed by atoms with E-state index in [9.17, 15) is 22.9 Å². The summed E-state index contributed by atoms with van der Waals surface area (Å²) in [5.41, 5.74) is 5.01. The Balaban J connectivity index is 1.97. The van der Waals surface area contributed by atoms with Gasteiger partial charge in [0.25, 0.3) is 5.69 Å². The largest absolute Gasteiger partial charge is 0.492 e. The van der Waals surface area contributed by atoms with E-state index in [0.29, 0.717) is 5.75 Å². The first-order valence-electron chi connectivity index (χ1n) is 6.69. The molecule has 0 aromatic heterocycles. The number of nitro groups is 1. The standard InChI is InChI=1S/C14H14FN3O5S/c15-10-1-4-12(5-2-10)23-7-8-24(21,22)17-11-3-6-13(16)14(9-11)18(19)20/h1-6,9,17H,7-8,16H2. The van der Waals surface area contributed by atoms with Crippen molar-refractivity contribution in [3.8, 4) is 5.75 Å². The van der Waals surface area contributed by atoms with Crippen LogP contribution in [0.5, 0.6) is 5.75 Å². The van der Waals surface area contributed by atoms with Gasteiger partial charge in [-0.1, -0.05) is 0 Å². The molecular weight excluding hydrogens is 341 g/mol. The van der Waals surface area contributed by atoms with Gasteiger partial charge in [-0.2, -0.15) is 0 Å². The van der Waals surface area contributed by atoms with Gasteiger partial charge in [0.05, 0.1) is 10.6 Å². The molecule has 2 aromatic carbocycles. The van der Waals surface area contributed by atoms with Gasteiger partial charge in [-0.3, -0.25) is 14.8 Å². The van der Waals surface area contributed by atoms with Gasteiger partial charge in [-0.05, 0) is 36.4 Å². The summed E-state index contributed by atoms with van der Waals surface area (Å²) in [7, 11) is -3.78. The zero-order valence-electron chi connectivity index (χ0n) is 12.3. The second kappa shape index (κ2) is 7.13. The van der Waals surface area contributed by atoms with E-state index in [1.54, 1.807) is 0 Å². The Labute approximate surface area is 137 Å².